The van der Waals surface area contributed by atoms with Crippen molar-refractivity contribution in [2.24, 2.45) is 22.7 Å². The Morgan fingerprint density at radius 2 is 1.15 bits per heavy atom. The van der Waals surface area contributed by atoms with Gasteiger partial charge in [0.2, 0.25) is 0 Å². The van der Waals surface area contributed by atoms with Crippen molar-refractivity contribution in [3.63, 3.8) is 0 Å². The predicted molar refractivity (Wildman–Crippen MR) is 251 cm³/mol. The monoisotopic (exact) mass is 907 g/mol. The van der Waals surface area contributed by atoms with E-state index in [4.69, 9.17) is 28.9 Å². The second-order valence-corrected chi connectivity index (χ2v) is 21.3. The number of esters is 2. The Kier molecular flexibility index (Phi) is 14.3. The fraction of sp³-hybridized carbons (Fsp3) is 0.577. The third-order valence-corrected chi connectivity index (χ3v) is 13.7. The van der Waals surface area contributed by atoms with Gasteiger partial charge in [-0.2, -0.15) is 0 Å². The minimum atomic E-state index is -1.37. The number of hydrogen-bond acceptors (Lipinski definition) is 10. The molecular formula is C52H70N6O8. The summed E-state index contributed by atoms with van der Waals surface area (Å²) >= 11 is 0. The molecule has 0 spiro atoms. The second-order valence-electron chi connectivity index (χ2n) is 21.3. The molecule has 4 atom stereocenters. The average Bonchev–Trinajstić information content (AvgIpc) is 3.97. The molecule has 356 valence electrons. The van der Waals surface area contributed by atoms with Crippen LogP contribution in [0, 0.1) is 22.7 Å². The highest BCUT2D eigenvalue weighted by Gasteiger charge is 2.55. The highest BCUT2D eigenvalue weighted by molar-refractivity contribution is 5.87. The van der Waals surface area contributed by atoms with Crippen molar-refractivity contribution in [1.82, 2.24) is 30.6 Å². The highest BCUT2D eigenvalue weighted by Crippen LogP contribution is 2.46. The first kappa shape index (κ1) is 48.6. The van der Waals surface area contributed by atoms with Gasteiger partial charge in [-0.15, -0.1) is 0 Å². The second kappa shape index (κ2) is 19.5. The predicted octanol–water partition coefficient (Wildman–Crippen LogP) is 9.35. The number of ether oxygens (including phenoxy) is 4. The molecule has 2 aliphatic carbocycles. The lowest BCUT2D eigenvalue weighted by molar-refractivity contribution is -0.219. The number of benzene rings is 2. The van der Waals surface area contributed by atoms with Gasteiger partial charge in [0.15, 0.2) is 11.2 Å². The van der Waals surface area contributed by atoms with Crippen molar-refractivity contribution in [3.8, 4) is 33.6 Å². The Morgan fingerprint density at radius 1 is 0.682 bits per heavy atom. The molecule has 14 heteroatoms. The Morgan fingerprint density at radius 3 is 1.59 bits per heavy atom. The van der Waals surface area contributed by atoms with Crippen LogP contribution in [0.2, 0.25) is 0 Å². The van der Waals surface area contributed by atoms with E-state index in [-0.39, 0.29) is 43.2 Å². The normalized spacial score (nSPS) is 23.8. The first-order valence-electron chi connectivity index (χ1n) is 23.7. The zero-order chi connectivity index (χ0) is 47.6. The molecule has 2 aromatic carbocycles. The third kappa shape index (κ3) is 11.1. The summed E-state index contributed by atoms with van der Waals surface area (Å²) in [6, 6.07) is 15.4. The average molecular weight is 907 g/mol. The van der Waals surface area contributed by atoms with E-state index < -0.39 is 46.1 Å². The maximum Gasteiger partial charge on any atom is 0.302 e. The van der Waals surface area contributed by atoms with Gasteiger partial charge < -0.3 is 39.5 Å². The quantitative estimate of drug-likeness (QED) is 0.0838. The molecule has 2 amide bonds. The van der Waals surface area contributed by atoms with E-state index in [2.05, 4.69) is 72.6 Å². The molecule has 2 aromatic heterocycles. The summed E-state index contributed by atoms with van der Waals surface area (Å²) in [5, 5.41) is 6.46. The van der Waals surface area contributed by atoms with Crippen LogP contribution in [0.5, 0.6) is 0 Å². The summed E-state index contributed by atoms with van der Waals surface area (Å²) in [5.41, 5.74) is 1.94. The molecule has 2 saturated heterocycles. The molecular weight excluding hydrogens is 837 g/mol. The minimum absolute atomic E-state index is 0.0275. The Hall–Kier alpha value is -5.34. The Bertz CT molecular complexity index is 2330. The van der Waals surface area contributed by atoms with E-state index in [1.807, 2.05) is 57.4 Å². The first-order chi connectivity index (χ1) is 31.1. The molecule has 2 saturated carbocycles. The Labute approximate surface area is 389 Å². The van der Waals surface area contributed by atoms with Gasteiger partial charge in [-0.3, -0.25) is 19.2 Å². The van der Waals surface area contributed by atoms with Crippen molar-refractivity contribution in [2.45, 2.75) is 156 Å². The molecule has 0 radical (unpaired) electrons. The molecule has 2 bridgehead atoms. The fourth-order valence-electron chi connectivity index (χ4n) is 9.67. The number of hydrogen-bond donors (Lipinski definition) is 4. The number of nitrogens with one attached hydrogen (secondary N) is 4. The van der Waals surface area contributed by atoms with E-state index in [0.29, 0.717) is 17.6 Å². The SMILES string of the molecule is CC(=O)OCC(C)(OC1CCC(C)CC1)C(=O)N[C@H](c1nc(-c2ccc(-c3ccc(-c4c[nH]c([C@@H](NC(=O)C5(COC(C)=O)OC6CCC5CC6)C(C)(C)C)n4)cc3)cc2)c[nH]1)C(C)(C)C. The molecule has 4 N–H and O–H groups in total. The molecule has 2 unspecified atom stereocenters. The van der Waals surface area contributed by atoms with Crippen LogP contribution >= 0.6 is 0 Å². The van der Waals surface area contributed by atoms with Gasteiger partial charge in [0.05, 0.1) is 35.7 Å². The number of fused-ring (bicyclic) bond motifs is 3. The third-order valence-electron chi connectivity index (χ3n) is 13.7. The van der Waals surface area contributed by atoms with E-state index in [9.17, 15) is 19.2 Å². The maximum atomic E-state index is 14.2. The molecule has 66 heavy (non-hydrogen) atoms. The van der Waals surface area contributed by atoms with Gasteiger partial charge in [-0.1, -0.05) is 97.0 Å². The molecule has 4 aliphatic rings. The number of aromatic amines is 2. The zero-order valence-electron chi connectivity index (χ0n) is 40.5. The lowest BCUT2D eigenvalue weighted by Gasteiger charge is -2.50. The Balaban J connectivity index is 1.03. The molecule has 14 nitrogen and oxygen atoms in total. The topological polar surface area (TPSA) is 187 Å². The van der Waals surface area contributed by atoms with Crippen LogP contribution in [0.1, 0.15) is 144 Å². The number of rotatable bonds is 15. The van der Waals surface area contributed by atoms with Gasteiger partial charge in [0.1, 0.15) is 24.9 Å². The van der Waals surface area contributed by atoms with Crippen LogP contribution < -0.4 is 10.6 Å². The van der Waals surface area contributed by atoms with E-state index in [1.165, 1.54) is 13.8 Å². The van der Waals surface area contributed by atoms with Crippen LogP contribution in [-0.2, 0) is 38.1 Å². The van der Waals surface area contributed by atoms with Crippen molar-refractivity contribution < 1.29 is 38.1 Å². The number of nitrogens with zero attached hydrogens (tertiary/aromatic N) is 2. The summed E-state index contributed by atoms with van der Waals surface area (Å²) in [5.74, 6) is 0.287. The van der Waals surface area contributed by atoms with Crippen molar-refractivity contribution in [1.29, 1.82) is 0 Å². The van der Waals surface area contributed by atoms with Crippen LogP contribution in [-0.4, -0.2) is 80.3 Å². The van der Waals surface area contributed by atoms with Crippen molar-refractivity contribution in [3.05, 3.63) is 72.6 Å². The first-order valence-corrected chi connectivity index (χ1v) is 23.7. The molecule has 4 aromatic rings. The summed E-state index contributed by atoms with van der Waals surface area (Å²) in [6.45, 7) is 18.6. The molecule has 2 aliphatic heterocycles. The summed E-state index contributed by atoms with van der Waals surface area (Å²) in [4.78, 5) is 68.7. The van der Waals surface area contributed by atoms with E-state index in [1.54, 1.807) is 6.92 Å². The van der Waals surface area contributed by atoms with Gasteiger partial charge in [0, 0.05) is 43.3 Å². The molecule has 4 heterocycles. The van der Waals surface area contributed by atoms with Crippen molar-refractivity contribution >= 4 is 23.8 Å². The highest BCUT2D eigenvalue weighted by atomic mass is 16.6. The number of amides is 2. The summed E-state index contributed by atoms with van der Waals surface area (Å²) in [6.07, 6.45) is 10.9. The number of carbonyl (C=O) groups is 4. The molecule has 8 rings (SSSR count). The van der Waals surface area contributed by atoms with Gasteiger partial charge in [-0.25, -0.2) is 9.97 Å². The summed E-state index contributed by atoms with van der Waals surface area (Å²) < 4.78 is 23.7. The number of carbonyl (C=O) groups excluding carboxylic acids is 4. The standard InChI is InChI=1S/C52H70N6O8/c1-31-11-23-39(24-12-31)65-51(10,29-63-32(2)59)47(61)57-43(49(4,5)6)45-53-27-41(55-45)36-17-13-34(14-18-36)35-15-19-37(20-16-35)42-28-54-46(56-42)44(50(7,8)9)58-48(62)52(30-64-33(3)60)38-21-25-40(66-52)26-22-38/h13-20,27-28,31,38-40,43-44H,11-12,21-26,29-30H2,1-10H3,(H,53,55)(H,54,56)(H,57,61)(H,58,62)/t31?,38?,39?,40?,43-,44-,51?,52?/m1/s1. The number of H-pyrrole nitrogens is 2. The largest absolute Gasteiger partial charge is 0.462 e. The van der Waals surface area contributed by atoms with E-state index >= 15 is 0 Å². The minimum Gasteiger partial charge on any atom is -0.462 e. The number of aromatic nitrogens is 4. The lowest BCUT2D eigenvalue weighted by atomic mass is 9.71. The van der Waals surface area contributed by atoms with Crippen LogP contribution in [0.4, 0.5) is 0 Å². The fourth-order valence-corrected chi connectivity index (χ4v) is 9.67. The summed E-state index contributed by atoms with van der Waals surface area (Å²) in [7, 11) is 0. The van der Waals surface area contributed by atoms with Crippen LogP contribution in [0.25, 0.3) is 33.6 Å². The van der Waals surface area contributed by atoms with Crippen LogP contribution in [0.3, 0.4) is 0 Å². The van der Waals surface area contributed by atoms with E-state index in [0.717, 1.165) is 85.0 Å². The van der Waals surface area contributed by atoms with Crippen LogP contribution in [0.15, 0.2) is 60.9 Å². The van der Waals surface area contributed by atoms with Gasteiger partial charge >= 0.3 is 11.9 Å². The lowest BCUT2D eigenvalue weighted by Crippen LogP contribution is -2.64. The smallest absolute Gasteiger partial charge is 0.302 e. The number of imidazole rings is 2. The van der Waals surface area contributed by atoms with Gasteiger partial charge in [0.25, 0.3) is 11.8 Å². The molecule has 4 fully saturated rings. The van der Waals surface area contributed by atoms with Gasteiger partial charge in [-0.05, 0) is 86.2 Å². The maximum absolute atomic E-state index is 14.2. The van der Waals surface area contributed by atoms with Crippen molar-refractivity contribution in [2.75, 3.05) is 13.2 Å². The zero-order valence-corrected chi connectivity index (χ0v) is 40.5.